The van der Waals surface area contributed by atoms with Gasteiger partial charge in [0.05, 0.1) is 0 Å². The van der Waals surface area contributed by atoms with Crippen LogP contribution in [0.1, 0.15) is 12.5 Å². The lowest BCUT2D eigenvalue weighted by Crippen LogP contribution is -2.62. The van der Waals surface area contributed by atoms with E-state index >= 15 is 0 Å². The number of benzene rings is 1. The van der Waals surface area contributed by atoms with Crippen molar-refractivity contribution in [2.45, 2.75) is 24.1 Å². The van der Waals surface area contributed by atoms with Gasteiger partial charge in [0.2, 0.25) is 0 Å². The van der Waals surface area contributed by atoms with Crippen LogP contribution in [0, 0.1) is 6.92 Å². The third-order valence-electron chi connectivity index (χ3n) is 3.82. The fourth-order valence-electron chi connectivity index (χ4n) is 2.52. The van der Waals surface area contributed by atoms with E-state index in [9.17, 15) is 19.5 Å². The van der Waals surface area contributed by atoms with Crippen molar-refractivity contribution >= 4 is 47.3 Å². The zero-order valence-electron chi connectivity index (χ0n) is 14.1. The molecule has 2 aliphatic rings. The summed E-state index contributed by atoms with van der Waals surface area (Å²) >= 11 is 2.58. The Balaban J connectivity index is 1.78. The van der Waals surface area contributed by atoms with Crippen LogP contribution in [-0.2, 0) is 19.1 Å². The summed E-state index contributed by atoms with van der Waals surface area (Å²) in [6.45, 7) is 3.10. The van der Waals surface area contributed by atoms with Gasteiger partial charge in [-0.3, -0.25) is 14.5 Å². The SMILES string of the molecule is CC(=O)OCC1=C(C(=O)O)N2C(=O)/C(=N\Sc3ccc(C)cc3)C2SC1. The summed E-state index contributed by atoms with van der Waals surface area (Å²) in [5, 5.41) is 9.06. The summed E-state index contributed by atoms with van der Waals surface area (Å²) < 4.78 is 9.21. The summed E-state index contributed by atoms with van der Waals surface area (Å²) in [6.07, 6.45) is 0. The van der Waals surface area contributed by atoms with E-state index in [-0.39, 0.29) is 12.3 Å². The van der Waals surface area contributed by atoms with Crippen LogP contribution in [0.4, 0.5) is 0 Å². The Morgan fingerprint density at radius 1 is 1.38 bits per heavy atom. The molecule has 0 radical (unpaired) electrons. The Morgan fingerprint density at radius 2 is 2.08 bits per heavy atom. The number of hydrogen-bond acceptors (Lipinski definition) is 7. The lowest BCUT2D eigenvalue weighted by atomic mass is 10.1. The number of hydrogen-bond donors (Lipinski definition) is 1. The molecule has 1 fully saturated rings. The monoisotopic (exact) mass is 392 g/mol. The highest BCUT2D eigenvalue weighted by atomic mass is 32.2. The second-order valence-electron chi connectivity index (χ2n) is 5.76. The number of nitrogens with zero attached hydrogens (tertiary/aromatic N) is 2. The lowest BCUT2D eigenvalue weighted by Gasteiger charge is -2.44. The van der Waals surface area contributed by atoms with E-state index in [0.29, 0.717) is 17.0 Å². The van der Waals surface area contributed by atoms with Crippen molar-refractivity contribution in [1.82, 2.24) is 4.90 Å². The van der Waals surface area contributed by atoms with Gasteiger partial charge in [-0.05, 0) is 19.1 Å². The van der Waals surface area contributed by atoms with E-state index in [4.69, 9.17) is 4.74 Å². The van der Waals surface area contributed by atoms with Gasteiger partial charge < -0.3 is 9.84 Å². The van der Waals surface area contributed by atoms with E-state index in [1.54, 1.807) is 0 Å². The largest absolute Gasteiger partial charge is 0.477 e. The summed E-state index contributed by atoms with van der Waals surface area (Å²) in [6, 6.07) is 7.75. The molecule has 1 amide bonds. The predicted molar refractivity (Wildman–Crippen MR) is 98.9 cm³/mol. The van der Waals surface area contributed by atoms with Crippen molar-refractivity contribution in [1.29, 1.82) is 0 Å². The van der Waals surface area contributed by atoms with E-state index in [1.165, 1.54) is 35.5 Å². The van der Waals surface area contributed by atoms with Gasteiger partial charge in [-0.15, -0.1) is 11.8 Å². The zero-order valence-corrected chi connectivity index (χ0v) is 15.7. The molecule has 1 unspecified atom stereocenters. The van der Waals surface area contributed by atoms with Gasteiger partial charge >= 0.3 is 11.9 Å². The normalized spacial score (nSPS) is 20.7. The molecule has 2 aliphatic heterocycles. The van der Waals surface area contributed by atoms with E-state index < -0.39 is 23.2 Å². The number of β-lactam (4-membered cyclic amide) rings is 1. The quantitative estimate of drug-likeness (QED) is 0.466. The molecule has 9 heteroatoms. The minimum Gasteiger partial charge on any atom is -0.477 e. The number of aryl methyl sites for hydroxylation is 1. The number of amides is 1. The molecule has 0 bridgehead atoms. The van der Waals surface area contributed by atoms with Crippen LogP contribution in [0.25, 0.3) is 0 Å². The Morgan fingerprint density at radius 3 is 2.69 bits per heavy atom. The number of carboxylic acids is 1. The number of ether oxygens (including phenoxy) is 1. The maximum Gasteiger partial charge on any atom is 0.352 e. The molecule has 1 aromatic carbocycles. The molecular weight excluding hydrogens is 376 g/mol. The number of carbonyl (C=O) groups excluding carboxylic acids is 2. The van der Waals surface area contributed by atoms with Gasteiger partial charge in [-0.2, -0.15) is 0 Å². The van der Waals surface area contributed by atoms with Crippen molar-refractivity contribution in [2.24, 2.45) is 4.40 Å². The van der Waals surface area contributed by atoms with Crippen LogP contribution < -0.4 is 0 Å². The molecule has 26 heavy (non-hydrogen) atoms. The molecule has 1 N–H and O–H groups in total. The molecule has 3 rings (SSSR count). The summed E-state index contributed by atoms with van der Waals surface area (Å²) in [5.41, 5.74) is 1.77. The Labute approximate surface area is 158 Å². The van der Waals surface area contributed by atoms with Gasteiger partial charge in [0.15, 0.2) is 0 Å². The fourth-order valence-corrected chi connectivity index (χ4v) is 4.47. The smallest absolute Gasteiger partial charge is 0.352 e. The summed E-state index contributed by atoms with van der Waals surface area (Å²) in [4.78, 5) is 37.1. The van der Waals surface area contributed by atoms with Crippen LogP contribution in [0.5, 0.6) is 0 Å². The molecule has 1 aromatic rings. The third kappa shape index (κ3) is 3.63. The van der Waals surface area contributed by atoms with Crippen LogP contribution in [-0.4, -0.2) is 51.3 Å². The first-order chi connectivity index (χ1) is 12.4. The van der Waals surface area contributed by atoms with Crippen LogP contribution in [0.3, 0.4) is 0 Å². The highest BCUT2D eigenvalue weighted by Gasteiger charge is 2.51. The molecule has 0 aliphatic carbocycles. The molecule has 1 atom stereocenters. The molecule has 0 spiro atoms. The van der Waals surface area contributed by atoms with Crippen LogP contribution >= 0.6 is 23.7 Å². The van der Waals surface area contributed by atoms with Crippen molar-refractivity contribution in [3.63, 3.8) is 0 Å². The van der Waals surface area contributed by atoms with Gasteiger partial charge in [0.25, 0.3) is 5.91 Å². The minimum atomic E-state index is -1.21. The van der Waals surface area contributed by atoms with E-state index in [2.05, 4.69) is 4.40 Å². The highest BCUT2D eigenvalue weighted by molar-refractivity contribution is 8.01. The Kier molecular flexibility index (Phi) is 5.38. The average molecular weight is 392 g/mol. The maximum absolute atomic E-state index is 12.4. The van der Waals surface area contributed by atoms with Crippen LogP contribution in [0.15, 0.2) is 44.8 Å². The minimum absolute atomic E-state index is 0.112. The van der Waals surface area contributed by atoms with Crippen LogP contribution in [0.2, 0.25) is 0 Å². The first-order valence-corrected chi connectivity index (χ1v) is 9.56. The number of esters is 1. The summed E-state index contributed by atoms with van der Waals surface area (Å²) in [5.74, 6) is -1.78. The number of aliphatic carboxylic acids is 1. The number of carboxylic acid groups (broad SMARTS) is 1. The van der Waals surface area contributed by atoms with Gasteiger partial charge in [-0.1, -0.05) is 17.7 Å². The number of carbonyl (C=O) groups is 3. The molecule has 7 nitrogen and oxygen atoms in total. The van der Waals surface area contributed by atoms with Crippen molar-refractivity contribution in [3.8, 4) is 0 Å². The zero-order chi connectivity index (χ0) is 18.8. The number of fused-ring (bicyclic) bond motifs is 1. The Bertz CT molecular complexity index is 832. The van der Waals surface area contributed by atoms with E-state index in [0.717, 1.165) is 10.5 Å². The van der Waals surface area contributed by atoms with Gasteiger partial charge in [0, 0.05) is 35.1 Å². The first-order valence-electron chi connectivity index (χ1n) is 7.74. The lowest BCUT2D eigenvalue weighted by molar-refractivity contribution is -0.141. The number of thioether (sulfide) groups is 1. The van der Waals surface area contributed by atoms with Gasteiger partial charge in [0.1, 0.15) is 23.4 Å². The van der Waals surface area contributed by atoms with Gasteiger partial charge in [-0.25, -0.2) is 9.19 Å². The standard InChI is InChI=1S/C17H16N2O5S2/c1-9-3-5-12(6-4-9)26-18-13-15(21)19-14(17(22)23)11(7-24-10(2)20)8-25-16(13)19/h3-6,16H,7-8H2,1-2H3,(H,22,23)/b18-13+. The first kappa shape index (κ1) is 18.5. The molecule has 136 valence electrons. The van der Waals surface area contributed by atoms with Crippen molar-refractivity contribution < 1.29 is 24.2 Å². The third-order valence-corrected chi connectivity index (χ3v) is 5.86. The molecule has 2 heterocycles. The maximum atomic E-state index is 12.4. The topological polar surface area (TPSA) is 96.3 Å². The second-order valence-corrected chi connectivity index (χ2v) is 7.66. The highest BCUT2D eigenvalue weighted by Crippen LogP contribution is 2.40. The number of rotatable bonds is 5. The molecule has 0 aromatic heterocycles. The van der Waals surface area contributed by atoms with E-state index in [1.807, 2.05) is 31.2 Å². The Hall–Kier alpha value is -2.26. The molecule has 0 saturated carbocycles. The second kappa shape index (κ2) is 7.55. The molecule has 1 saturated heterocycles. The fraction of sp³-hybridized carbons (Fsp3) is 0.294. The van der Waals surface area contributed by atoms with Crippen molar-refractivity contribution in [3.05, 3.63) is 41.1 Å². The predicted octanol–water partition coefficient (Wildman–Crippen LogP) is 2.26. The summed E-state index contributed by atoms with van der Waals surface area (Å²) in [7, 11) is 0. The average Bonchev–Trinajstić information content (AvgIpc) is 2.60. The van der Waals surface area contributed by atoms with Crippen molar-refractivity contribution in [2.75, 3.05) is 12.4 Å². The molecular formula is C17H16N2O5S2.